The van der Waals surface area contributed by atoms with Gasteiger partial charge in [-0.2, -0.15) is 0 Å². The van der Waals surface area contributed by atoms with Crippen LogP contribution in [0.4, 0.5) is 0 Å². The molecule has 0 spiro atoms. The fraction of sp³-hybridized carbons (Fsp3) is 0.721. The topological polar surface area (TPSA) is 78.9 Å². The monoisotopic (exact) mass is 1030 g/mol. The van der Waals surface area contributed by atoms with Crippen molar-refractivity contribution in [1.82, 2.24) is 0 Å². The highest BCUT2D eigenvalue weighted by molar-refractivity contribution is 5.72. The second-order valence-electron chi connectivity index (χ2n) is 20.6. The Kier molecular flexibility index (Phi) is 58.8. The van der Waals surface area contributed by atoms with Crippen LogP contribution in [0.1, 0.15) is 297 Å². The Balaban J connectivity index is 4.33. The summed E-state index contributed by atoms with van der Waals surface area (Å²) in [4.78, 5) is 38.1. The molecule has 0 amide bonds. The van der Waals surface area contributed by atoms with E-state index in [1.165, 1.54) is 167 Å². The number of ether oxygens (including phenoxy) is 3. The van der Waals surface area contributed by atoms with Gasteiger partial charge in [0.1, 0.15) is 13.2 Å². The summed E-state index contributed by atoms with van der Waals surface area (Å²) in [5, 5.41) is 0. The van der Waals surface area contributed by atoms with Crippen molar-refractivity contribution in [3.63, 3.8) is 0 Å². The van der Waals surface area contributed by atoms with Gasteiger partial charge in [0.05, 0.1) is 6.42 Å². The minimum absolute atomic E-state index is 0.0948. The first-order chi connectivity index (χ1) is 36.5. The molecular weight excluding hydrogens is 913 g/mol. The van der Waals surface area contributed by atoms with Gasteiger partial charge in [-0.25, -0.2) is 0 Å². The standard InChI is InChI=1S/C68H116O6/c1-4-7-10-13-16-19-22-25-28-29-30-31-32-33-34-35-36-37-38-39-41-43-46-49-52-55-58-61-67(70)73-64-65(63-72-66(69)60-57-54-51-48-45-42-27-24-21-18-15-12-9-6-3)74-68(71)62-59-56-53-50-47-44-40-26-23-20-17-14-11-8-5-2/h8,11,17,20,22,24-27,29-30,40,47,50,56,59,65H,4-7,9-10,12-16,18-19,21,23,28,31-39,41-46,48-49,51-55,57-58,60-64H2,1-3H3/b11-8-,20-17-,25-22-,27-24-,30-29-,40-26-,50-47-,59-56-. The van der Waals surface area contributed by atoms with E-state index in [0.717, 1.165) is 89.9 Å². The summed E-state index contributed by atoms with van der Waals surface area (Å²) in [6.45, 7) is 6.43. The van der Waals surface area contributed by atoms with Crippen molar-refractivity contribution in [2.75, 3.05) is 13.2 Å². The van der Waals surface area contributed by atoms with Crippen molar-refractivity contribution in [1.29, 1.82) is 0 Å². The number of hydrogen-bond donors (Lipinski definition) is 0. The number of carbonyl (C=O) groups excluding carboxylic acids is 3. The van der Waals surface area contributed by atoms with Crippen molar-refractivity contribution in [2.24, 2.45) is 0 Å². The van der Waals surface area contributed by atoms with E-state index in [9.17, 15) is 14.4 Å². The van der Waals surface area contributed by atoms with E-state index < -0.39 is 12.1 Å². The Hall–Kier alpha value is -3.67. The van der Waals surface area contributed by atoms with Crippen LogP contribution in [0, 0.1) is 0 Å². The van der Waals surface area contributed by atoms with E-state index in [1.807, 2.05) is 6.08 Å². The van der Waals surface area contributed by atoms with E-state index in [0.29, 0.717) is 12.8 Å². The Morgan fingerprint density at radius 1 is 0.297 bits per heavy atom. The predicted molar refractivity (Wildman–Crippen MR) is 320 cm³/mol. The van der Waals surface area contributed by atoms with E-state index in [4.69, 9.17) is 14.2 Å². The number of unbranched alkanes of at least 4 members (excludes halogenated alkanes) is 30. The van der Waals surface area contributed by atoms with Crippen molar-refractivity contribution in [3.8, 4) is 0 Å². The number of allylic oxidation sites excluding steroid dienone is 15. The third kappa shape index (κ3) is 59.2. The fourth-order valence-electron chi connectivity index (χ4n) is 8.66. The zero-order chi connectivity index (χ0) is 53.6. The van der Waals surface area contributed by atoms with Crippen LogP contribution >= 0.6 is 0 Å². The van der Waals surface area contributed by atoms with Crippen LogP contribution in [0.5, 0.6) is 0 Å². The zero-order valence-corrected chi connectivity index (χ0v) is 48.6. The van der Waals surface area contributed by atoms with Crippen LogP contribution in [-0.4, -0.2) is 37.2 Å². The summed E-state index contributed by atoms with van der Waals surface area (Å²) < 4.78 is 16.8. The first-order valence-corrected chi connectivity index (χ1v) is 31.2. The molecule has 0 aromatic rings. The summed E-state index contributed by atoms with van der Waals surface area (Å²) in [5.41, 5.74) is 0. The lowest BCUT2D eigenvalue weighted by Crippen LogP contribution is -2.30. The van der Waals surface area contributed by atoms with Crippen LogP contribution in [0.15, 0.2) is 97.2 Å². The van der Waals surface area contributed by atoms with Gasteiger partial charge in [-0.1, -0.05) is 272 Å². The van der Waals surface area contributed by atoms with Crippen molar-refractivity contribution in [3.05, 3.63) is 97.2 Å². The van der Waals surface area contributed by atoms with E-state index in [1.54, 1.807) is 6.08 Å². The molecule has 0 aliphatic heterocycles. The quantitative estimate of drug-likeness (QED) is 0.0261. The van der Waals surface area contributed by atoms with Gasteiger partial charge in [0.25, 0.3) is 0 Å². The van der Waals surface area contributed by atoms with E-state index in [2.05, 4.69) is 106 Å². The fourth-order valence-corrected chi connectivity index (χ4v) is 8.66. The second kappa shape index (κ2) is 61.9. The first kappa shape index (κ1) is 70.3. The molecule has 0 fully saturated rings. The van der Waals surface area contributed by atoms with Crippen molar-refractivity contribution in [2.45, 2.75) is 303 Å². The zero-order valence-electron chi connectivity index (χ0n) is 48.6. The van der Waals surface area contributed by atoms with Gasteiger partial charge in [-0.15, -0.1) is 0 Å². The Morgan fingerprint density at radius 3 is 0.905 bits per heavy atom. The molecule has 1 unspecified atom stereocenters. The van der Waals surface area contributed by atoms with Crippen LogP contribution in [0.2, 0.25) is 0 Å². The maximum absolute atomic E-state index is 12.8. The molecule has 424 valence electrons. The number of rotatable bonds is 56. The van der Waals surface area contributed by atoms with Crippen LogP contribution in [-0.2, 0) is 28.6 Å². The minimum Gasteiger partial charge on any atom is -0.462 e. The normalized spacial score (nSPS) is 12.7. The summed E-state index contributed by atoms with van der Waals surface area (Å²) in [6.07, 6.45) is 83.0. The summed E-state index contributed by atoms with van der Waals surface area (Å²) in [5.74, 6) is -1.05. The summed E-state index contributed by atoms with van der Waals surface area (Å²) >= 11 is 0. The lowest BCUT2D eigenvalue weighted by molar-refractivity contribution is -0.166. The molecule has 0 aliphatic rings. The van der Waals surface area contributed by atoms with Gasteiger partial charge in [-0.05, 0) is 103 Å². The maximum atomic E-state index is 12.8. The largest absolute Gasteiger partial charge is 0.462 e. The lowest BCUT2D eigenvalue weighted by atomic mass is 10.0. The second-order valence-corrected chi connectivity index (χ2v) is 20.6. The minimum atomic E-state index is -0.836. The van der Waals surface area contributed by atoms with Gasteiger partial charge < -0.3 is 14.2 Å². The molecule has 0 saturated carbocycles. The van der Waals surface area contributed by atoms with Gasteiger partial charge in [0.2, 0.25) is 0 Å². The highest BCUT2D eigenvalue weighted by atomic mass is 16.6. The van der Waals surface area contributed by atoms with Gasteiger partial charge in [0, 0.05) is 12.8 Å². The van der Waals surface area contributed by atoms with Crippen LogP contribution in [0.25, 0.3) is 0 Å². The predicted octanol–water partition coefficient (Wildman–Crippen LogP) is 21.3. The molecule has 0 aromatic carbocycles. The van der Waals surface area contributed by atoms with Crippen LogP contribution in [0.3, 0.4) is 0 Å². The molecule has 0 bridgehead atoms. The molecule has 0 aliphatic carbocycles. The molecule has 0 saturated heterocycles. The smallest absolute Gasteiger partial charge is 0.310 e. The third-order valence-electron chi connectivity index (χ3n) is 13.3. The van der Waals surface area contributed by atoms with Gasteiger partial charge >= 0.3 is 17.9 Å². The molecule has 6 heteroatoms. The van der Waals surface area contributed by atoms with Gasteiger partial charge in [-0.3, -0.25) is 14.4 Å². The average molecular weight is 1030 g/mol. The number of esters is 3. The lowest BCUT2D eigenvalue weighted by Gasteiger charge is -2.18. The van der Waals surface area contributed by atoms with Crippen LogP contribution < -0.4 is 0 Å². The molecule has 0 aromatic heterocycles. The van der Waals surface area contributed by atoms with E-state index in [-0.39, 0.29) is 31.6 Å². The Labute approximate surface area is 457 Å². The molecule has 74 heavy (non-hydrogen) atoms. The van der Waals surface area contributed by atoms with Crippen molar-refractivity contribution < 1.29 is 28.6 Å². The Morgan fingerprint density at radius 2 is 0.568 bits per heavy atom. The summed E-state index contributed by atoms with van der Waals surface area (Å²) in [7, 11) is 0. The highest BCUT2D eigenvalue weighted by Crippen LogP contribution is 2.16. The number of carbonyl (C=O) groups is 3. The SMILES string of the molecule is CC/C=C\C/C=C\C/C=C\C/C=C\C/C=C\CC(=O)OC(COC(=O)CCCCCCC/C=C\CCCCCCC)COC(=O)CCCCCCCCCCCCCCCCC/C=C\C/C=C\CCCCCCC. The molecule has 6 nitrogen and oxygen atoms in total. The maximum Gasteiger partial charge on any atom is 0.310 e. The van der Waals surface area contributed by atoms with Crippen molar-refractivity contribution >= 4 is 17.9 Å². The van der Waals surface area contributed by atoms with Gasteiger partial charge in [0.15, 0.2) is 6.10 Å². The first-order valence-electron chi connectivity index (χ1n) is 31.2. The summed E-state index contributed by atoms with van der Waals surface area (Å²) in [6, 6.07) is 0. The number of hydrogen-bond acceptors (Lipinski definition) is 6. The third-order valence-corrected chi connectivity index (χ3v) is 13.3. The average Bonchev–Trinajstić information content (AvgIpc) is 3.40. The molecule has 0 heterocycles. The molecule has 0 rings (SSSR count). The Bertz CT molecular complexity index is 1460. The highest BCUT2D eigenvalue weighted by Gasteiger charge is 2.19. The molecule has 0 N–H and O–H groups in total. The molecule has 0 radical (unpaired) electrons. The molecule has 1 atom stereocenters. The van der Waals surface area contributed by atoms with E-state index >= 15 is 0 Å². The molecular formula is C68H116O6.